The number of aromatic nitrogens is 3. The van der Waals surface area contributed by atoms with Gasteiger partial charge in [-0.3, -0.25) is 10.1 Å². The summed E-state index contributed by atoms with van der Waals surface area (Å²) >= 11 is 3.31. The van der Waals surface area contributed by atoms with Gasteiger partial charge in [-0.25, -0.2) is 0 Å². The summed E-state index contributed by atoms with van der Waals surface area (Å²) in [5.41, 5.74) is 1.58. The topological polar surface area (TPSA) is 73.8 Å². The molecule has 0 radical (unpaired) electrons. The van der Waals surface area contributed by atoms with E-state index in [1.807, 2.05) is 24.6 Å². The second-order valence-electron chi connectivity index (χ2n) is 3.95. The number of nitro benzene ring substituents is 1. The number of halogens is 1. The Morgan fingerprint density at radius 2 is 2.11 bits per heavy atom. The van der Waals surface area contributed by atoms with Crippen LogP contribution in [0.1, 0.15) is 11.4 Å². The van der Waals surface area contributed by atoms with Crippen LogP contribution in [0.25, 0.3) is 11.4 Å². The Kier molecular flexibility index (Phi) is 3.42. The maximum atomic E-state index is 10.8. The number of alkyl halides is 1. The molecular weight excluding hydrogens is 300 g/mol. The van der Waals surface area contributed by atoms with Crippen molar-refractivity contribution in [2.45, 2.75) is 12.3 Å². The first-order chi connectivity index (χ1) is 8.52. The quantitative estimate of drug-likeness (QED) is 0.496. The molecule has 1 heterocycles. The molecule has 0 fully saturated rings. The smallest absolute Gasteiger partial charge is 0.270 e. The molecule has 7 heteroatoms. The number of aryl methyl sites for hydroxylation is 1. The lowest BCUT2D eigenvalue weighted by molar-refractivity contribution is -0.384. The molecule has 0 saturated heterocycles. The summed E-state index contributed by atoms with van der Waals surface area (Å²) in [6.45, 7) is 1.82. The third-order valence-corrected chi connectivity index (χ3v) is 3.12. The van der Waals surface area contributed by atoms with Crippen LogP contribution in [-0.4, -0.2) is 19.7 Å². The van der Waals surface area contributed by atoms with Gasteiger partial charge in [-0.2, -0.15) is 0 Å². The molecule has 1 aromatic heterocycles. The van der Waals surface area contributed by atoms with Gasteiger partial charge in [-0.15, -0.1) is 10.2 Å². The average Bonchev–Trinajstić information content (AvgIpc) is 2.69. The second kappa shape index (κ2) is 4.85. The molecule has 1 aromatic carbocycles. The van der Waals surface area contributed by atoms with Crippen LogP contribution < -0.4 is 0 Å². The minimum absolute atomic E-state index is 0.0633. The van der Waals surface area contributed by atoms with Crippen LogP contribution in [0, 0.1) is 17.0 Å². The number of nitro groups is 1. The van der Waals surface area contributed by atoms with Crippen molar-refractivity contribution in [3.05, 3.63) is 39.7 Å². The van der Waals surface area contributed by atoms with Crippen LogP contribution in [0.4, 0.5) is 5.69 Å². The zero-order valence-corrected chi connectivity index (χ0v) is 11.5. The lowest BCUT2D eigenvalue weighted by atomic mass is 10.1. The Morgan fingerprint density at radius 1 is 1.39 bits per heavy atom. The van der Waals surface area contributed by atoms with Crippen molar-refractivity contribution >= 4 is 21.6 Å². The van der Waals surface area contributed by atoms with Crippen LogP contribution in [0.3, 0.4) is 0 Å². The molecule has 0 N–H and O–H groups in total. The normalized spacial score (nSPS) is 10.6. The SMILES string of the molecule is Cc1cc(-c2nnc(CBr)n2C)cc([N+](=O)[O-])c1. The number of rotatable bonds is 3. The Labute approximate surface area is 112 Å². The molecule has 0 aliphatic heterocycles. The molecule has 0 bridgehead atoms. The molecular formula is C11H11BrN4O2. The summed E-state index contributed by atoms with van der Waals surface area (Å²) in [7, 11) is 1.83. The maximum Gasteiger partial charge on any atom is 0.270 e. The third-order valence-electron chi connectivity index (χ3n) is 2.62. The summed E-state index contributed by atoms with van der Waals surface area (Å²) < 4.78 is 1.81. The van der Waals surface area contributed by atoms with E-state index in [2.05, 4.69) is 26.1 Å². The van der Waals surface area contributed by atoms with Crippen molar-refractivity contribution in [2.75, 3.05) is 0 Å². The minimum atomic E-state index is -0.404. The van der Waals surface area contributed by atoms with E-state index < -0.39 is 4.92 Å². The summed E-state index contributed by atoms with van der Waals surface area (Å²) in [6, 6.07) is 4.90. The van der Waals surface area contributed by atoms with Crippen molar-refractivity contribution in [1.29, 1.82) is 0 Å². The van der Waals surface area contributed by atoms with Gasteiger partial charge in [0.05, 0.1) is 10.3 Å². The van der Waals surface area contributed by atoms with Crippen molar-refractivity contribution in [1.82, 2.24) is 14.8 Å². The van der Waals surface area contributed by atoms with E-state index >= 15 is 0 Å². The molecule has 2 rings (SSSR count). The van der Waals surface area contributed by atoms with Crippen LogP contribution in [0.2, 0.25) is 0 Å². The first-order valence-electron chi connectivity index (χ1n) is 5.23. The van der Waals surface area contributed by atoms with Crippen LogP contribution in [-0.2, 0) is 12.4 Å². The molecule has 0 amide bonds. The fourth-order valence-electron chi connectivity index (χ4n) is 1.73. The highest BCUT2D eigenvalue weighted by Crippen LogP contribution is 2.25. The predicted octanol–water partition coefficient (Wildman–Crippen LogP) is 2.59. The monoisotopic (exact) mass is 310 g/mol. The predicted molar refractivity (Wildman–Crippen MR) is 70.5 cm³/mol. The highest BCUT2D eigenvalue weighted by Gasteiger charge is 2.14. The fourth-order valence-corrected chi connectivity index (χ4v) is 2.21. The van der Waals surface area contributed by atoms with Gasteiger partial charge in [0.25, 0.3) is 5.69 Å². The highest BCUT2D eigenvalue weighted by atomic mass is 79.9. The van der Waals surface area contributed by atoms with Crippen LogP contribution >= 0.6 is 15.9 Å². The number of hydrogen-bond donors (Lipinski definition) is 0. The molecule has 18 heavy (non-hydrogen) atoms. The highest BCUT2D eigenvalue weighted by molar-refractivity contribution is 9.08. The average molecular weight is 311 g/mol. The van der Waals surface area contributed by atoms with Crippen LogP contribution in [0.15, 0.2) is 18.2 Å². The van der Waals surface area contributed by atoms with Gasteiger partial charge in [-0.1, -0.05) is 15.9 Å². The second-order valence-corrected chi connectivity index (χ2v) is 4.51. The van der Waals surface area contributed by atoms with Gasteiger partial charge in [-0.05, 0) is 18.6 Å². The molecule has 0 aliphatic carbocycles. The van der Waals surface area contributed by atoms with Crippen molar-refractivity contribution in [3.8, 4) is 11.4 Å². The Balaban J connectivity index is 2.56. The van der Waals surface area contributed by atoms with Gasteiger partial charge < -0.3 is 4.57 Å². The molecule has 0 saturated carbocycles. The Hall–Kier alpha value is -1.76. The molecule has 0 atom stereocenters. The van der Waals surface area contributed by atoms with Gasteiger partial charge in [0.2, 0.25) is 0 Å². The summed E-state index contributed by atoms with van der Waals surface area (Å²) in [4.78, 5) is 10.4. The first-order valence-corrected chi connectivity index (χ1v) is 6.35. The van der Waals surface area contributed by atoms with E-state index in [1.54, 1.807) is 0 Å². The van der Waals surface area contributed by atoms with Gasteiger partial charge >= 0.3 is 0 Å². The number of non-ortho nitro benzene ring substituents is 1. The molecule has 0 aliphatic rings. The van der Waals surface area contributed by atoms with E-state index in [0.29, 0.717) is 16.7 Å². The molecule has 0 unspecified atom stereocenters. The summed E-state index contributed by atoms with van der Waals surface area (Å²) in [5.74, 6) is 1.39. The van der Waals surface area contributed by atoms with E-state index in [9.17, 15) is 10.1 Å². The Bertz CT molecular complexity index is 609. The van der Waals surface area contributed by atoms with Crippen molar-refractivity contribution in [2.24, 2.45) is 7.05 Å². The summed E-state index contributed by atoms with van der Waals surface area (Å²) in [5, 5.41) is 19.5. The number of nitrogens with zero attached hydrogens (tertiary/aromatic N) is 4. The van der Waals surface area contributed by atoms with Gasteiger partial charge in [0.15, 0.2) is 5.82 Å². The third kappa shape index (κ3) is 2.26. The number of benzene rings is 1. The lowest BCUT2D eigenvalue weighted by Gasteiger charge is -2.03. The molecule has 2 aromatic rings. The molecule has 0 spiro atoms. The van der Waals surface area contributed by atoms with E-state index in [4.69, 9.17) is 0 Å². The fraction of sp³-hybridized carbons (Fsp3) is 0.273. The minimum Gasteiger partial charge on any atom is -0.313 e. The zero-order chi connectivity index (χ0) is 13.3. The zero-order valence-electron chi connectivity index (χ0n) is 9.92. The molecule has 94 valence electrons. The van der Waals surface area contributed by atoms with E-state index in [1.165, 1.54) is 12.1 Å². The standard InChI is InChI=1S/C11H11BrN4O2/c1-7-3-8(5-9(4-7)16(17)18)11-14-13-10(6-12)15(11)2/h3-5H,6H2,1-2H3. The first kappa shape index (κ1) is 12.7. The van der Waals surface area contributed by atoms with Gasteiger partial charge in [0, 0.05) is 24.7 Å². The largest absolute Gasteiger partial charge is 0.313 e. The Morgan fingerprint density at radius 3 is 2.67 bits per heavy atom. The number of hydrogen-bond acceptors (Lipinski definition) is 4. The van der Waals surface area contributed by atoms with Crippen molar-refractivity contribution < 1.29 is 4.92 Å². The molecule has 6 nitrogen and oxygen atoms in total. The lowest BCUT2D eigenvalue weighted by Crippen LogP contribution is -1.98. The van der Waals surface area contributed by atoms with Gasteiger partial charge in [0.1, 0.15) is 5.82 Å². The van der Waals surface area contributed by atoms with Crippen molar-refractivity contribution in [3.63, 3.8) is 0 Å². The van der Waals surface area contributed by atoms with E-state index in [0.717, 1.165) is 11.4 Å². The summed E-state index contributed by atoms with van der Waals surface area (Å²) in [6.07, 6.45) is 0. The van der Waals surface area contributed by atoms with Crippen LogP contribution in [0.5, 0.6) is 0 Å². The van der Waals surface area contributed by atoms with E-state index in [-0.39, 0.29) is 5.69 Å². The maximum absolute atomic E-state index is 10.8.